The van der Waals surface area contributed by atoms with Crippen LogP contribution in [0.15, 0.2) is 0 Å². The van der Waals surface area contributed by atoms with Crippen LogP contribution in [0, 0.1) is 11.8 Å². The minimum Gasteiger partial charge on any atom is -0.0864 e. The minimum atomic E-state index is 0.954. The summed E-state index contributed by atoms with van der Waals surface area (Å²) in [5.74, 6) is 1.95. The van der Waals surface area contributed by atoms with Crippen molar-refractivity contribution in [3.63, 3.8) is 0 Å². The third kappa shape index (κ3) is 13.7. The molecule has 0 aliphatic carbocycles. The van der Waals surface area contributed by atoms with Crippen molar-refractivity contribution in [3.05, 3.63) is 0 Å². The van der Waals surface area contributed by atoms with Crippen LogP contribution in [-0.4, -0.2) is 4.43 Å². The number of unbranched alkanes of at least 4 members (excludes halogenated alkanes) is 7. The first kappa shape index (κ1) is 20.7. The average Bonchev–Trinajstić information content (AvgIpc) is 2.46. The molecule has 2 unspecified atom stereocenters. The van der Waals surface area contributed by atoms with Gasteiger partial charge in [0.1, 0.15) is 0 Å². The molecule has 0 aliphatic rings. The Morgan fingerprint density at radius 3 is 1.90 bits per heavy atom. The molecule has 0 saturated heterocycles. The number of hydrogen-bond donors (Lipinski definition) is 0. The molecule has 0 spiro atoms. The van der Waals surface area contributed by atoms with Crippen LogP contribution in [-0.2, 0) is 0 Å². The summed E-state index contributed by atoms with van der Waals surface area (Å²) in [4.78, 5) is 0. The van der Waals surface area contributed by atoms with Crippen LogP contribution >= 0.6 is 22.6 Å². The number of hydrogen-bond acceptors (Lipinski definition) is 0. The molecular formula is C19H39I. The lowest BCUT2D eigenvalue weighted by Crippen LogP contribution is -2.06. The summed E-state index contributed by atoms with van der Waals surface area (Å²) in [5, 5.41) is 0. The normalized spacial score (nSPS) is 14.4. The highest BCUT2D eigenvalue weighted by Gasteiger charge is 2.10. The molecule has 0 nitrogen and oxygen atoms in total. The van der Waals surface area contributed by atoms with Crippen LogP contribution in [0.5, 0.6) is 0 Å². The van der Waals surface area contributed by atoms with Crippen LogP contribution < -0.4 is 0 Å². The Bertz CT molecular complexity index is 179. The topological polar surface area (TPSA) is 0 Å². The average molecular weight is 394 g/mol. The highest BCUT2D eigenvalue weighted by Crippen LogP contribution is 2.24. The summed E-state index contributed by atoms with van der Waals surface area (Å²) in [6.45, 7) is 7.17. The second kappa shape index (κ2) is 16.1. The maximum Gasteiger partial charge on any atom is -0.000473 e. The van der Waals surface area contributed by atoms with Gasteiger partial charge in [0.25, 0.3) is 0 Å². The fraction of sp³-hybridized carbons (Fsp3) is 1.00. The van der Waals surface area contributed by atoms with Crippen LogP contribution in [0.1, 0.15) is 104 Å². The van der Waals surface area contributed by atoms with E-state index >= 15 is 0 Å². The summed E-state index contributed by atoms with van der Waals surface area (Å²) in [5.41, 5.74) is 0. The molecule has 0 aromatic rings. The van der Waals surface area contributed by atoms with E-state index in [2.05, 4.69) is 43.4 Å². The molecule has 0 aromatic heterocycles. The summed E-state index contributed by atoms with van der Waals surface area (Å²) >= 11 is 2.49. The van der Waals surface area contributed by atoms with Crippen molar-refractivity contribution >= 4 is 22.6 Å². The largest absolute Gasteiger partial charge is 0.0864 e. The van der Waals surface area contributed by atoms with E-state index in [4.69, 9.17) is 0 Å². The lowest BCUT2D eigenvalue weighted by Gasteiger charge is -2.19. The quantitative estimate of drug-likeness (QED) is 0.151. The van der Waals surface area contributed by atoms with Gasteiger partial charge in [0.15, 0.2) is 0 Å². The maximum atomic E-state index is 2.49. The summed E-state index contributed by atoms with van der Waals surface area (Å²) in [6, 6.07) is 0. The number of halogens is 1. The van der Waals surface area contributed by atoms with Crippen LogP contribution in [0.3, 0.4) is 0 Å². The SMILES string of the molecule is CCCCC(CC)CC(C)CCCCCCCCCI. The van der Waals surface area contributed by atoms with Gasteiger partial charge in [0.2, 0.25) is 0 Å². The van der Waals surface area contributed by atoms with E-state index < -0.39 is 0 Å². The van der Waals surface area contributed by atoms with E-state index in [1.807, 2.05) is 0 Å². The van der Waals surface area contributed by atoms with Crippen molar-refractivity contribution in [1.29, 1.82) is 0 Å². The third-order valence-corrected chi connectivity index (χ3v) is 5.37. The Labute approximate surface area is 143 Å². The van der Waals surface area contributed by atoms with E-state index in [1.54, 1.807) is 0 Å². The predicted molar refractivity (Wildman–Crippen MR) is 103 cm³/mol. The fourth-order valence-electron chi connectivity index (χ4n) is 3.14. The molecule has 0 heterocycles. The van der Waals surface area contributed by atoms with E-state index in [0.717, 1.165) is 11.8 Å². The van der Waals surface area contributed by atoms with Crippen molar-refractivity contribution in [3.8, 4) is 0 Å². The minimum absolute atomic E-state index is 0.954. The summed E-state index contributed by atoms with van der Waals surface area (Å²) < 4.78 is 1.34. The van der Waals surface area contributed by atoms with Crippen molar-refractivity contribution in [1.82, 2.24) is 0 Å². The zero-order valence-electron chi connectivity index (χ0n) is 14.4. The molecule has 0 fully saturated rings. The van der Waals surface area contributed by atoms with Gasteiger partial charge < -0.3 is 0 Å². The first-order chi connectivity index (χ1) is 9.74. The zero-order valence-corrected chi connectivity index (χ0v) is 16.6. The second-order valence-electron chi connectivity index (χ2n) is 6.71. The summed E-state index contributed by atoms with van der Waals surface area (Å²) in [6.07, 6.45) is 18.8. The molecule has 0 N–H and O–H groups in total. The Hall–Kier alpha value is 0.730. The first-order valence-electron chi connectivity index (χ1n) is 9.30. The molecule has 2 atom stereocenters. The lowest BCUT2D eigenvalue weighted by molar-refractivity contribution is 0.332. The smallest absolute Gasteiger partial charge is 0.000473 e. The van der Waals surface area contributed by atoms with Gasteiger partial charge in [-0.25, -0.2) is 0 Å². The third-order valence-electron chi connectivity index (χ3n) is 4.61. The number of alkyl halides is 1. The van der Waals surface area contributed by atoms with Crippen LogP contribution in [0.2, 0.25) is 0 Å². The molecule has 122 valence electrons. The highest BCUT2D eigenvalue weighted by molar-refractivity contribution is 14.1. The Morgan fingerprint density at radius 2 is 1.35 bits per heavy atom. The Balaban J connectivity index is 3.40. The molecule has 0 radical (unpaired) electrons. The zero-order chi connectivity index (χ0) is 15.1. The van der Waals surface area contributed by atoms with Crippen LogP contribution in [0.25, 0.3) is 0 Å². The van der Waals surface area contributed by atoms with E-state index in [-0.39, 0.29) is 0 Å². The molecule has 20 heavy (non-hydrogen) atoms. The predicted octanol–water partition coefficient (Wildman–Crippen LogP) is 7.78. The highest BCUT2D eigenvalue weighted by atomic mass is 127. The van der Waals surface area contributed by atoms with Crippen molar-refractivity contribution in [2.45, 2.75) is 104 Å². The molecule has 0 rings (SSSR count). The summed E-state index contributed by atoms with van der Waals surface area (Å²) in [7, 11) is 0. The van der Waals surface area contributed by atoms with Gasteiger partial charge in [-0.05, 0) is 29.1 Å². The second-order valence-corrected chi connectivity index (χ2v) is 7.79. The van der Waals surface area contributed by atoms with Crippen molar-refractivity contribution < 1.29 is 0 Å². The van der Waals surface area contributed by atoms with Gasteiger partial charge in [-0.3, -0.25) is 0 Å². The molecule has 1 heteroatoms. The molecular weight excluding hydrogens is 355 g/mol. The first-order valence-corrected chi connectivity index (χ1v) is 10.8. The monoisotopic (exact) mass is 394 g/mol. The van der Waals surface area contributed by atoms with Crippen molar-refractivity contribution in [2.75, 3.05) is 4.43 Å². The molecule has 0 aromatic carbocycles. The molecule has 0 saturated carbocycles. The van der Waals surface area contributed by atoms with Gasteiger partial charge in [0.05, 0.1) is 0 Å². The van der Waals surface area contributed by atoms with Gasteiger partial charge in [-0.15, -0.1) is 0 Å². The standard InChI is InChI=1S/C19H39I/c1-4-6-15-19(5-2)17-18(3)14-12-10-8-7-9-11-13-16-20/h18-19H,4-17H2,1-3H3. The van der Waals surface area contributed by atoms with Crippen molar-refractivity contribution in [2.24, 2.45) is 11.8 Å². The van der Waals surface area contributed by atoms with E-state index in [1.165, 1.54) is 87.9 Å². The Morgan fingerprint density at radius 1 is 0.750 bits per heavy atom. The molecule has 0 aliphatic heterocycles. The molecule has 0 amide bonds. The fourth-order valence-corrected chi connectivity index (χ4v) is 3.68. The Kier molecular flexibility index (Phi) is 16.7. The lowest BCUT2D eigenvalue weighted by atomic mass is 9.87. The van der Waals surface area contributed by atoms with Gasteiger partial charge >= 0.3 is 0 Å². The van der Waals surface area contributed by atoms with E-state index in [9.17, 15) is 0 Å². The van der Waals surface area contributed by atoms with E-state index in [0.29, 0.717) is 0 Å². The number of rotatable bonds is 15. The maximum absolute atomic E-state index is 2.49. The van der Waals surface area contributed by atoms with Gasteiger partial charge in [-0.2, -0.15) is 0 Å². The van der Waals surface area contributed by atoms with Gasteiger partial charge in [0, 0.05) is 0 Å². The van der Waals surface area contributed by atoms with Gasteiger partial charge in [-0.1, -0.05) is 114 Å². The molecule has 0 bridgehead atoms. The van der Waals surface area contributed by atoms with Crippen LogP contribution in [0.4, 0.5) is 0 Å².